The van der Waals surface area contributed by atoms with Gasteiger partial charge in [0, 0.05) is 10.5 Å². The van der Waals surface area contributed by atoms with Gasteiger partial charge in [0.05, 0.1) is 18.3 Å². The summed E-state index contributed by atoms with van der Waals surface area (Å²) in [6, 6.07) is 22.3. The third kappa shape index (κ3) is 6.19. The smallest absolute Gasteiger partial charge is 0.230 e. The molecular formula is C28H28N3OPS. The van der Waals surface area contributed by atoms with Crippen LogP contribution in [0.15, 0.2) is 92.2 Å². The Morgan fingerprint density at radius 2 is 1.76 bits per heavy atom. The van der Waals surface area contributed by atoms with E-state index >= 15 is 0 Å². The van der Waals surface area contributed by atoms with Crippen molar-refractivity contribution in [3.63, 3.8) is 0 Å². The standard InChI is InChI=1S/C26H24N3OPS.C2H4/c1-3-23(32-2)25-26(27-16-22(28-25)19-10-12-21(31)13-11-19)29-24(30)15-17-8-9-18-6-4-5-7-20(18)14-17;1-2/h3-14,16H,15,31H2,1-2H3,(H,27,29,30);1-2H2/b23-3-;. The van der Waals surface area contributed by atoms with E-state index in [4.69, 9.17) is 4.98 Å². The van der Waals surface area contributed by atoms with E-state index in [9.17, 15) is 4.79 Å². The van der Waals surface area contributed by atoms with Crippen molar-refractivity contribution in [2.24, 2.45) is 0 Å². The molecule has 4 aromatic rings. The van der Waals surface area contributed by atoms with Crippen LogP contribution in [0.3, 0.4) is 0 Å². The largest absolute Gasteiger partial charge is 0.309 e. The van der Waals surface area contributed by atoms with Gasteiger partial charge in [-0.1, -0.05) is 72.8 Å². The highest BCUT2D eigenvalue weighted by atomic mass is 32.2. The zero-order valence-electron chi connectivity index (χ0n) is 19.4. The van der Waals surface area contributed by atoms with E-state index in [1.54, 1.807) is 18.0 Å². The number of aromatic nitrogens is 2. The Kier molecular flexibility index (Phi) is 9.15. The molecule has 4 nitrogen and oxygen atoms in total. The molecule has 1 unspecified atom stereocenters. The molecule has 0 saturated heterocycles. The van der Waals surface area contributed by atoms with Crippen LogP contribution in [0.25, 0.3) is 26.9 Å². The van der Waals surface area contributed by atoms with Crippen LogP contribution >= 0.6 is 21.0 Å². The lowest BCUT2D eigenvalue weighted by Gasteiger charge is -2.13. The van der Waals surface area contributed by atoms with Crippen LogP contribution in [0, 0.1) is 0 Å². The Labute approximate surface area is 207 Å². The first-order chi connectivity index (χ1) is 16.6. The van der Waals surface area contributed by atoms with Gasteiger partial charge < -0.3 is 5.32 Å². The van der Waals surface area contributed by atoms with Crippen LogP contribution < -0.4 is 10.6 Å². The summed E-state index contributed by atoms with van der Waals surface area (Å²) in [5.74, 6) is 0.358. The van der Waals surface area contributed by atoms with E-state index in [1.807, 2.05) is 67.8 Å². The van der Waals surface area contributed by atoms with E-state index < -0.39 is 0 Å². The molecule has 4 rings (SSSR count). The maximum absolute atomic E-state index is 12.9. The second kappa shape index (κ2) is 12.3. The van der Waals surface area contributed by atoms with Gasteiger partial charge in [0.2, 0.25) is 5.91 Å². The van der Waals surface area contributed by atoms with Gasteiger partial charge in [0.25, 0.3) is 0 Å². The molecule has 172 valence electrons. The van der Waals surface area contributed by atoms with E-state index in [1.165, 1.54) is 0 Å². The molecule has 1 aromatic heterocycles. The first-order valence-electron chi connectivity index (χ1n) is 10.8. The molecule has 1 N–H and O–H groups in total. The second-order valence-corrected chi connectivity index (χ2v) is 8.85. The molecule has 1 atom stereocenters. The topological polar surface area (TPSA) is 54.9 Å². The van der Waals surface area contributed by atoms with Gasteiger partial charge in [-0.2, -0.15) is 0 Å². The number of carbonyl (C=O) groups is 1. The Bertz CT molecular complexity index is 1320. The highest BCUT2D eigenvalue weighted by molar-refractivity contribution is 8.07. The summed E-state index contributed by atoms with van der Waals surface area (Å²) in [6.07, 6.45) is 5.96. The number of hydrogen-bond acceptors (Lipinski definition) is 4. The number of carbonyl (C=O) groups excluding carboxylic acids is 1. The normalized spacial score (nSPS) is 11.0. The van der Waals surface area contributed by atoms with Crippen molar-refractivity contribution in [3.8, 4) is 11.3 Å². The molecule has 3 aromatic carbocycles. The third-order valence-electron chi connectivity index (χ3n) is 5.13. The lowest BCUT2D eigenvalue weighted by molar-refractivity contribution is -0.115. The SMILES string of the molecule is C/C=C(\SC)c1nc(-c2ccc(P)cc2)cnc1NC(=O)Cc1ccc2ccccc2c1.C=C. The number of benzene rings is 3. The van der Waals surface area contributed by atoms with Crippen LogP contribution in [0.4, 0.5) is 5.82 Å². The molecule has 1 amide bonds. The first-order valence-corrected chi connectivity index (χ1v) is 12.6. The van der Waals surface area contributed by atoms with Gasteiger partial charge in [-0.05, 0) is 34.8 Å². The number of fused-ring (bicyclic) bond motifs is 1. The van der Waals surface area contributed by atoms with Crippen molar-refractivity contribution in [2.45, 2.75) is 13.3 Å². The molecule has 34 heavy (non-hydrogen) atoms. The Morgan fingerprint density at radius 1 is 1.06 bits per heavy atom. The number of nitrogens with one attached hydrogen (secondary N) is 1. The molecule has 0 aliphatic rings. The van der Waals surface area contributed by atoms with E-state index in [-0.39, 0.29) is 12.3 Å². The number of nitrogens with zero attached hydrogens (tertiary/aromatic N) is 2. The molecule has 6 heteroatoms. The average molecular weight is 486 g/mol. The van der Waals surface area contributed by atoms with Gasteiger partial charge in [-0.3, -0.25) is 4.79 Å². The predicted molar refractivity (Wildman–Crippen MR) is 152 cm³/mol. The van der Waals surface area contributed by atoms with Crippen molar-refractivity contribution < 1.29 is 4.79 Å². The van der Waals surface area contributed by atoms with Gasteiger partial charge in [-0.15, -0.1) is 34.2 Å². The number of anilines is 1. The van der Waals surface area contributed by atoms with E-state index in [0.29, 0.717) is 11.5 Å². The summed E-state index contributed by atoms with van der Waals surface area (Å²) < 4.78 is 0. The van der Waals surface area contributed by atoms with Gasteiger partial charge in [0.1, 0.15) is 5.69 Å². The number of hydrogen-bond donors (Lipinski definition) is 1. The van der Waals surface area contributed by atoms with Crippen molar-refractivity contribution in [2.75, 3.05) is 11.6 Å². The van der Waals surface area contributed by atoms with Crippen molar-refractivity contribution >= 4 is 53.7 Å². The minimum absolute atomic E-state index is 0.118. The maximum atomic E-state index is 12.9. The summed E-state index contributed by atoms with van der Waals surface area (Å²) in [4.78, 5) is 23.2. The Morgan fingerprint density at radius 3 is 2.44 bits per heavy atom. The van der Waals surface area contributed by atoms with Gasteiger partial charge >= 0.3 is 0 Å². The van der Waals surface area contributed by atoms with Crippen molar-refractivity contribution in [1.82, 2.24) is 9.97 Å². The maximum Gasteiger partial charge on any atom is 0.230 e. The highest BCUT2D eigenvalue weighted by Gasteiger charge is 2.15. The molecule has 0 aliphatic heterocycles. The molecule has 0 bridgehead atoms. The number of rotatable bonds is 6. The molecular weight excluding hydrogens is 457 g/mol. The fourth-order valence-electron chi connectivity index (χ4n) is 3.51. The summed E-state index contributed by atoms with van der Waals surface area (Å²) in [7, 11) is 2.68. The quantitative estimate of drug-likeness (QED) is 0.250. The van der Waals surface area contributed by atoms with Gasteiger partial charge in [0.15, 0.2) is 5.82 Å². The molecule has 0 saturated carbocycles. The van der Waals surface area contributed by atoms with Crippen LogP contribution in [0.5, 0.6) is 0 Å². The average Bonchev–Trinajstić information content (AvgIpc) is 2.87. The lowest BCUT2D eigenvalue weighted by atomic mass is 10.0. The summed E-state index contributed by atoms with van der Waals surface area (Å²) >= 11 is 1.58. The van der Waals surface area contributed by atoms with Crippen LogP contribution in [-0.2, 0) is 11.2 Å². The summed E-state index contributed by atoms with van der Waals surface area (Å²) in [5, 5.41) is 6.37. The third-order valence-corrected chi connectivity index (χ3v) is 6.38. The van der Waals surface area contributed by atoms with E-state index in [2.05, 4.69) is 50.9 Å². The molecule has 0 aliphatic carbocycles. The molecule has 0 radical (unpaired) electrons. The number of thioether (sulfide) groups is 1. The lowest BCUT2D eigenvalue weighted by Crippen LogP contribution is -2.17. The predicted octanol–water partition coefficient (Wildman–Crippen LogP) is 6.50. The zero-order chi connectivity index (χ0) is 24.5. The minimum Gasteiger partial charge on any atom is -0.309 e. The highest BCUT2D eigenvalue weighted by Crippen LogP contribution is 2.30. The first kappa shape index (κ1) is 25.4. The summed E-state index contributed by atoms with van der Waals surface area (Å²) in [5.41, 5.74) is 3.39. The van der Waals surface area contributed by atoms with Gasteiger partial charge in [-0.25, -0.2) is 9.97 Å². The fourth-order valence-corrected chi connectivity index (χ4v) is 4.27. The number of allylic oxidation sites excluding steroid dienone is 1. The second-order valence-electron chi connectivity index (χ2n) is 7.34. The fraction of sp³-hybridized carbons (Fsp3) is 0.107. The molecule has 0 spiro atoms. The zero-order valence-corrected chi connectivity index (χ0v) is 21.4. The van der Waals surface area contributed by atoms with Crippen molar-refractivity contribution in [3.05, 3.63) is 103 Å². The monoisotopic (exact) mass is 485 g/mol. The Hall–Kier alpha value is -3.27. The number of amides is 1. The van der Waals surface area contributed by atoms with Crippen LogP contribution in [0.2, 0.25) is 0 Å². The molecule has 0 fully saturated rings. The minimum atomic E-state index is -0.118. The summed E-state index contributed by atoms with van der Waals surface area (Å²) in [6.45, 7) is 7.96. The van der Waals surface area contributed by atoms with Crippen LogP contribution in [0.1, 0.15) is 18.2 Å². The molecule has 1 heterocycles. The van der Waals surface area contributed by atoms with E-state index in [0.717, 1.165) is 37.8 Å². The van der Waals surface area contributed by atoms with Crippen LogP contribution in [-0.4, -0.2) is 22.1 Å². The van der Waals surface area contributed by atoms with Crippen molar-refractivity contribution in [1.29, 1.82) is 0 Å². The Balaban J connectivity index is 0.00000158.